The highest BCUT2D eigenvalue weighted by molar-refractivity contribution is 6.31. The van der Waals surface area contributed by atoms with Crippen LogP contribution in [0.25, 0.3) is 10.4 Å². The molecular weight excluding hydrogens is 335 g/mol. The van der Waals surface area contributed by atoms with Crippen LogP contribution in [-0.4, -0.2) is 25.0 Å². The van der Waals surface area contributed by atoms with E-state index in [0.717, 1.165) is 4.90 Å². The molecule has 0 N–H and O–H groups in total. The maximum absolute atomic E-state index is 13.5. The van der Waals surface area contributed by atoms with Crippen LogP contribution < -0.4 is 4.90 Å². The number of rotatable bonds is 5. The summed E-state index contributed by atoms with van der Waals surface area (Å²) in [6, 6.07) is 12.7. The molecule has 0 heterocycles. The van der Waals surface area contributed by atoms with E-state index in [4.69, 9.17) is 17.1 Å². The molecule has 1 atom stereocenters. The second-order valence-electron chi connectivity index (χ2n) is 4.79. The highest BCUT2D eigenvalue weighted by Gasteiger charge is 2.25. The maximum Gasteiger partial charge on any atom is 0.267 e. The highest BCUT2D eigenvalue weighted by Crippen LogP contribution is 2.27. The fourth-order valence-corrected chi connectivity index (χ4v) is 2.27. The van der Waals surface area contributed by atoms with Gasteiger partial charge in [-0.1, -0.05) is 41.9 Å². The average molecular weight is 347 g/mol. The van der Waals surface area contributed by atoms with Crippen molar-refractivity contribution in [3.8, 4) is 0 Å². The smallest absolute Gasteiger partial charge is 0.267 e. The molecule has 1 unspecified atom stereocenters. The summed E-state index contributed by atoms with van der Waals surface area (Å²) >= 11 is 5.95. The lowest BCUT2D eigenvalue weighted by molar-refractivity contribution is -0.122. The van der Waals surface area contributed by atoms with Crippen molar-refractivity contribution in [3.05, 3.63) is 75.1 Å². The number of carbonyl (C=O) groups excluding carboxylic acids is 2. The zero-order valence-corrected chi connectivity index (χ0v) is 13.3. The van der Waals surface area contributed by atoms with Gasteiger partial charge in [-0.2, -0.15) is 0 Å². The summed E-state index contributed by atoms with van der Waals surface area (Å²) in [5.41, 5.74) is 8.94. The van der Waals surface area contributed by atoms with Gasteiger partial charge in [-0.05, 0) is 28.8 Å². The van der Waals surface area contributed by atoms with Gasteiger partial charge in [0.2, 0.25) is 0 Å². The Bertz CT molecular complexity index is 822. The number of hydrogen-bond donors (Lipinski definition) is 0. The van der Waals surface area contributed by atoms with Crippen molar-refractivity contribution in [1.82, 2.24) is 0 Å². The van der Waals surface area contributed by atoms with E-state index in [1.54, 1.807) is 30.3 Å². The van der Waals surface area contributed by atoms with Crippen molar-refractivity contribution in [2.75, 3.05) is 11.9 Å². The number of hydrogen-bond acceptors (Lipinski definition) is 3. The second-order valence-corrected chi connectivity index (χ2v) is 5.23. The zero-order valence-electron chi connectivity index (χ0n) is 12.6. The number of ketones is 1. The van der Waals surface area contributed by atoms with Crippen molar-refractivity contribution in [3.63, 3.8) is 0 Å². The zero-order chi connectivity index (χ0) is 17.7. The van der Waals surface area contributed by atoms with Gasteiger partial charge >= 0.3 is 0 Å². The minimum absolute atomic E-state index is 0.137. The molecule has 24 heavy (non-hydrogen) atoms. The molecule has 0 aliphatic heterocycles. The lowest BCUT2D eigenvalue weighted by atomic mass is 10.0. The van der Waals surface area contributed by atoms with Crippen LogP contribution in [0.3, 0.4) is 0 Å². The van der Waals surface area contributed by atoms with Gasteiger partial charge in [0.05, 0.1) is 5.69 Å². The molecule has 0 spiro atoms. The molecule has 2 aromatic rings. The summed E-state index contributed by atoms with van der Waals surface area (Å²) in [5.74, 6) is -1.45. The summed E-state index contributed by atoms with van der Waals surface area (Å²) in [7, 11) is 1.28. The number of alkyl halides is 1. The molecule has 8 heteroatoms. The molecule has 0 fully saturated rings. The van der Waals surface area contributed by atoms with Gasteiger partial charge in [0.25, 0.3) is 12.2 Å². The molecule has 0 aliphatic carbocycles. The molecular formula is C16H12ClFN4O2. The number of benzene rings is 2. The van der Waals surface area contributed by atoms with Gasteiger partial charge < -0.3 is 4.90 Å². The summed E-state index contributed by atoms with van der Waals surface area (Å²) < 4.78 is 13.5. The number of likely N-dealkylation sites (N-methyl/N-ethyl adjacent to an activating group) is 1. The SMILES string of the molecule is CN(C(=O)C(F)N=[N+]=[N-])c1ccc(Cl)cc1C(=O)c1ccccc1. The van der Waals surface area contributed by atoms with E-state index < -0.39 is 12.2 Å². The number of carbonyl (C=O) groups is 2. The minimum atomic E-state index is -2.38. The Morgan fingerprint density at radius 2 is 1.92 bits per heavy atom. The summed E-state index contributed by atoms with van der Waals surface area (Å²) in [6.07, 6.45) is -2.38. The molecule has 2 aromatic carbocycles. The molecule has 6 nitrogen and oxygen atoms in total. The van der Waals surface area contributed by atoms with E-state index >= 15 is 0 Å². The molecule has 0 aliphatic rings. The van der Waals surface area contributed by atoms with Crippen molar-refractivity contribution < 1.29 is 14.0 Å². The van der Waals surface area contributed by atoms with Gasteiger partial charge in [-0.25, -0.2) is 4.39 Å². The molecule has 0 saturated carbocycles. The van der Waals surface area contributed by atoms with Gasteiger partial charge in [0.1, 0.15) is 0 Å². The third-order valence-corrected chi connectivity index (χ3v) is 3.52. The molecule has 0 radical (unpaired) electrons. The molecule has 0 bridgehead atoms. The van der Waals surface area contributed by atoms with E-state index in [1.807, 2.05) is 0 Å². The van der Waals surface area contributed by atoms with Crippen molar-refractivity contribution in [2.24, 2.45) is 5.11 Å². The van der Waals surface area contributed by atoms with E-state index in [9.17, 15) is 14.0 Å². The number of amides is 1. The minimum Gasteiger partial charge on any atom is -0.312 e. The molecule has 0 aromatic heterocycles. The third kappa shape index (κ3) is 3.71. The molecule has 0 saturated heterocycles. The van der Waals surface area contributed by atoms with E-state index in [1.165, 1.54) is 25.2 Å². The number of azide groups is 1. The van der Waals surface area contributed by atoms with Gasteiger partial charge in [0.15, 0.2) is 5.78 Å². The fourth-order valence-electron chi connectivity index (χ4n) is 2.10. The molecule has 2 rings (SSSR count). The van der Waals surface area contributed by atoms with Crippen LogP contribution in [0.2, 0.25) is 5.02 Å². The first-order valence-corrected chi connectivity index (χ1v) is 7.18. The lowest BCUT2D eigenvalue weighted by Gasteiger charge is -2.21. The Hall–Kier alpha value is -2.89. The lowest BCUT2D eigenvalue weighted by Crippen LogP contribution is -2.34. The normalized spacial score (nSPS) is 11.3. The topological polar surface area (TPSA) is 86.1 Å². The first-order chi connectivity index (χ1) is 11.5. The van der Waals surface area contributed by atoms with Crippen LogP contribution in [0.4, 0.5) is 10.1 Å². The monoisotopic (exact) mass is 346 g/mol. The van der Waals surface area contributed by atoms with E-state index in [0.29, 0.717) is 10.6 Å². The quantitative estimate of drug-likeness (QED) is 0.268. The van der Waals surface area contributed by atoms with Crippen LogP contribution in [0, 0.1) is 0 Å². The average Bonchev–Trinajstić information content (AvgIpc) is 2.60. The van der Waals surface area contributed by atoms with Crippen LogP contribution in [-0.2, 0) is 4.79 Å². The molecule has 1 amide bonds. The van der Waals surface area contributed by atoms with Gasteiger partial charge in [-0.15, -0.1) is 0 Å². The van der Waals surface area contributed by atoms with E-state index in [-0.39, 0.29) is 17.0 Å². The highest BCUT2D eigenvalue weighted by atomic mass is 35.5. The largest absolute Gasteiger partial charge is 0.312 e. The number of halogens is 2. The van der Waals surface area contributed by atoms with Crippen LogP contribution in [0.1, 0.15) is 15.9 Å². The van der Waals surface area contributed by atoms with Crippen molar-refractivity contribution in [1.29, 1.82) is 0 Å². The maximum atomic E-state index is 13.5. The predicted molar refractivity (Wildman–Crippen MR) is 88.8 cm³/mol. The van der Waals surface area contributed by atoms with Crippen LogP contribution in [0.5, 0.6) is 0 Å². The Labute approximate surface area is 142 Å². The Balaban J connectivity index is 2.46. The Kier molecular flexibility index (Phi) is 5.52. The van der Waals surface area contributed by atoms with Gasteiger partial charge in [0, 0.05) is 28.1 Å². The predicted octanol–water partition coefficient (Wildman–Crippen LogP) is 4.14. The van der Waals surface area contributed by atoms with Crippen LogP contribution in [0.15, 0.2) is 53.6 Å². The summed E-state index contributed by atoms with van der Waals surface area (Å²) in [5, 5.41) is 3.03. The fraction of sp³-hybridized carbons (Fsp3) is 0.125. The van der Waals surface area contributed by atoms with Crippen molar-refractivity contribution in [2.45, 2.75) is 6.30 Å². The first kappa shape index (κ1) is 17.5. The Morgan fingerprint density at radius 3 is 2.54 bits per heavy atom. The number of anilines is 1. The Morgan fingerprint density at radius 1 is 1.25 bits per heavy atom. The first-order valence-electron chi connectivity index (χ1n) is 6.81. The van der Waals surface area contributed by atoms with Gasteiger partial charge in [-0.3, -0.25) is 9.59 Å². The molecule has 122 valence electrons. The standard InChI is InChI=1S/C16H12ClFN4O2/c1-22(16(24)15(18)20-21-19)13-8-7-11(17)9-12(13)14(23)10-5-3-2-4-6-10/h2-9,15H,1H3. The third-order valence-electron chi connectivity index (χ3n) is 3.29. The van der Waals surface area contributed by atoms with Crippen LogP contribution >= 0.6 is 11.6 Å². The second kappa shape index (κ2) is 7.59. The van der Waals surface area contributed by atoms with Crippen molar-refractivity contribution >= 4 is 29.0 Å². The summed E-state index contributed by atoms with van der Waals surface area (Å²) in [4.78, 5) is 27.8. The summed E-state index contributed by atoms with van der Waals surface area (Å²) in [6.45, 7) is 0. The number of nitrogens with zero attached hydrogens (tertiary/aromatic N) is 4. The van der Waals surface area contributed by atoms with E-state index in [2.05, 4.69) is 10.0 Å².